The lowest BCUT2D eigenvalue weighted by Gasteiger charge is -2.55. The Bertz CT molecular complexity index is 1270. The zero-order chi connectivity index (χ0) is 25.7. The Labute approximate surface area is 212 Å². The van der Waals surface area contributed by atoms with Gasteiger partial charge in [0.1, 0.15) is 5.75 Å². The van der Waals surface area contributed by atoms with E-state index >= 15 is 0 Å². The van der Waals surface area contributed by atoms with E-state index < -0.39 is 11.5 Å². The number of carboxylic acid groups (broad SMARTS) is 1. The Morgan fingerprint density at radius 2 is 1.94 bits per heavy atom. The minimum atomic E-state index is -4.21. The molecule has 1 aliphatic carbocycles. The molecule has 2 aromatic carbocycles. The van der Waals surface area contributed by atoms with E-state index in [9.17, 15) is 23.1 Å². The van der Waals surface area contributed by atoms with Crippen molar-refractivity contribution in [3.8, 4) is 5.75 Å². The van der Waals surface area contributed by atoms with Crippen molar-refractivity contribution < 1.29 is 27.8 Å². The molecule has 1 aromatic heterocycles. The zero-order valence-corrected chi connectivity index (χ0v) is 21.0. The summed E-state index contributed by atoms with van der Waals surface area (Å²) >= 11 is 0.127. The highest BCUT2D eigenvalue weighted by atomic mass is 32.2. The number of hydrogen-bond donors (Lipinski definition) is 2. The first-order valence-electron chi connectivity index (χ1n) is 12.0. The maximum absolute atomic E-state index is 12.9. The SMILES string of the molecule is COc1cc(C)c2[nH]ccc2c1CN1CCC2(CC(SC(F)(F)F)C2)C[C@H]1c1ccc(C(=O)O)cc1. The van der Waals surface area contributed by atoms with Crippen LogP contribution in [-0.4, -0.2) is 45.4 Å². The summed E-state index contributed by atoms with van der Waals surface area (Å²) in [6.07, 6.45) is 4.63. The number of aromatic amines is 1. The van der Waals surface area contributed by atoms with E-state index in [-0.39, 0.29) is 34.0 Å². The largest absolute Gasteiger partial charge is 0.496 e. The molecular formula is C27H29F3N2O3S. The molecule has 2 heterocycles. The molecule has 2 N–H and O–H groups in total. The van der Waals surface area contributed by atoms with E-state index in [4.69, 9.17) is 4.74 Å². The molecular weight excluding hydrogens is 489 g/mol. The number of nitrogens with one attached hydrogen (secondary N) is 1. The number of benzene rings is 2. The summed E-state index contributed by atoms with van der Waals surface area (Å²) in [6, 6.07) is 11.0. The van der Waals surface area contributed by atoms with Gasteiger partial charge >= 0.3 is 11.5 Å². The smallest absolute Gasteiger partial charge is 0.442 e. The molecule has 0 amide bonds. The predicted molar refractivity (Wildman–Crippen MR) is 134 cm³/mol. The van der Waals surface area contributed by atoms with Crippen molar-refractivity contribution in [3.05, 3.63) is 64.8 Å². The average Bonchev–Trinajstić information content (AvgIpc) is 3.30. The van der Waals surface area contributed by atoms with Gasteiger partial charge < -0.3 is 14.8 Å². The molecule has 2 fully saturated rings. The third-order valence-electron chi connectivity index (χ3n) is 7.85. The number of methoxy groups -OCH3 is 1. The Hall–Kier alpha value is -2.65. The van der Waals surface area contributed by atoms with Crippen molar-refractivity contribution in [3.63, 3.8) is 0 Å². The van der Waals surface area contributed by atoms with Gasteiger partial charge in [-0.15, -0.1) is 0 Å². The molecule has 1 aliphatic heterocycles. The summed E-state index contributed by atoms with van der Waals surface area (Å²) in [7, 11) is 1.66. The van der Waals surface area contributed by atoms with Crippen molar-refractivity contribution in [2.75, 3.05) is 13.7 Å². The number of carbonyl (C=O) groups is 1. The van der Waals surface area contributed by atoms with Crippen LogP contribution in [0.5, 0.6) is 5.75 Å². The molecule has 36 heavy (non-hydrogen) atoms. The highest BCUT2D eigenvalue weighted by Crippen LogP contribution is 2.59. The lowest BCUT2D eigenvalue weighted by atomic mass is 9.60. The van der Waals surface area contributed by atoms with E-state index in [0.29, 0.717) is 19.4 Å². The number of aryl methyl sites for hydroxylation is 1. The normalized spacial score (nSPS) is 24.7. The maximum atomic E-state index is 12.9. The maximum Gasteiger partial charge on any atom is 0.442 e. The third-order valence-corrected chi connectivity index (χ3v) is 8.79. The first-order chi connectivity index (χ1) is 17.1. The Kier molecular flexibility index (Phi) is 6.49. The molecule has 2 aliphatic rings. The van der Waals surface area contributed by atoms with Crippen LogP contribution in [0.1, 0.15) is 58.8 Å². The minimum absolute atomic E-state index is 0.0292. The second-order valence-corrected chi connectivity index (χ2v) is 11.5. The Balaban J connectivity index is 1.45. The van der Waals surface area contributed by atoms with Gasteiger partial charge in [-0.1, -0.05) is 12.1 Å². The summed E-state index contributed by atoms with van der Waals surface area (Å²) in [5, 5.41) is 10.0. The van der Waals surface area contributed by atoms with Gasteiger partial charge in [-0.05, 0) is 91.7 Å². The van der Waals surface area contributed by atoms with Gasteiger partial charge in [0.15, 0.2) is 0 Å². The highest BCUT2D eigenvalue weighted by Gasteiger charge is 2.52. The van der Waals surface area contributed by atoms with Crippen LogP contribution in [0.3, 0.4) is 0 Å². The number of thioether (sulfide) groups is 1. The van der Waals surface area contributed by atoms with Gasteiger partial charge in [0.2, 0.25) is 0 Å². The van der Waals surface area contributed by atoms with Crippen molar-refractivity contribution in [1.82, 2.24) is 9.88 Å². The molecule has 0 radical (unpaired) electrons. The van der Waals surface area contributed by atoms with Crippen LogP contribution in [0.25, 0.3) is 10.9 Å². The van der Waals surface area contributed by atoms with E-state index in [1.165, 1.54) is 0 Å². The second-order valence-electron chi connectivity index (χ2n) is 10.1. The summed E-state index contributed by atoms with van der Waals surface area (Å²) in [4.78, 5) is 17.1. The topological polar surface area (TPSA) is 65.6 Å². The standard InChI is InChI=1S/C27H29F3N2O3S/c1-16-11-23(35-2)21(20-7-9-31-24(16)20)15-32-10-8-26(12-19(13-26)36-27(28,29)30)14-22(32)17-3-5-18(6-4-17)25(33)34/h3-7,9,11,19,22,31H,8,10,12-15H2,1-2H3,(H,33,34)/t19?,22-,26?/m0/s1. The molecule has 9 heteroatoms. The van der Waals surface area contributed by atoms with Gasteiger partial charge in [0.25, 0.3) is 0 Å². The van der Waals surface area contributed by atoms with Crippen LogP contribution in [0.4, 0.5) is 13.2 Å². The number of fused-ring (bicyclic) bond motifs is 1. The number of rotatable bonds is 6. The number of alkyl halides is 3. The van der Waals surface area contributed by atoms with Crippen LogP contribution in [0.15, 0.2) is 42.6 Å². The fourth-order valence-electron chi connectivity index (χ4n) is 6.08. The Morgan fingerprint density at radius 1 is 1.22 bits per heavy atom. The quantitative estimate of drug-likeness (QED) is 0.371. The number of piperidine rings is 1. The summed E-state index contributed by atoms with van der Waals surface area (Å²) in [5.41, 5.74) is 0.114. The zero-order valence-electron chi connectivity index (χ0n) is 20.2. The third kappa shape index (κ3) is 4.83. The molecule has 0 bridgehead atoms. The second kappa shape index (κ2) is 9.34. The lowest BCUT2D eigenvalue weighted by molar-refractivity contribution is -0.0395. The number of likely N-dealkylation sites (tertiary alicyclic amines) is 1. The number of aromatic nitrogens is 1. The first-order valence-corrected chi connectivity index (χ1v) is 12.9. The average molecular weight is 519 g/mol. The number of halogens is 3. The fourth-order valence-corrected chi connectivity index (χ4v) is 7.33. The molecule has 0 unspecified atom stereocenters. The molecule has 5 nitrogen and oxygen atoms in total. The monoisotopic (exact) mass is 518 g/mol. The lowest BCUT2D eigenvalue weighted by Crippen LogP contribution is -2.49. The van der Waals surface area contributed by atoms with E-state index in [2.05, 4.69) is 9.88 Å². The molecule has 1 saturated heterocycles. The van der Waals surface area contributed by atoms with Crippen molar-refractivity contribution >= 4 is 28.6 Å². The number of nitrogens with zero attached hydrogens (tertiary/aromatic N) is 1. The fraction of sp³-hybridized carbons (Fsp3) is 0.444. The van der Waals surface area contributed by atoms with Crippen LogP contribution in [-0.2, 0) is 6.54 Å². The Morgan fingerprint density at radius 3 is 2.58 bits per heavy atom. The first kappa shape index (κ1) is 25.0. The van der Waals surface area contributed by atoms with Gasteiger partial charge in [0.05, 0.1) is 12.7 Å². The number of carboxylic acids is 1. The summed E-state index contributed by atoms with van der Waals surface area (Å²) < 4.78 is 44.5. The molecule has 1 atom stereocenters. The van der Waals surface area contributed by atoms with Gasteiger partial charge in [-0.3, -0.25) is 4.90 Å². The minimum Gasteiger partial charge on any atom is -0.496 e. The molecule has 1 spiro atoms. The summed E-state index contributed by atoms with van der Waals surface area (Å²) in [6.45, 7) is 3.41. The molecule has 3 aromatic rings. The van der Waals surface area contributed by atoms with E-state index in [1.54, 1.807) is 19.2 Å². The number of hydrogen-bond acceptors (Lipinski definition) is 4. The van der Waals surface area contributed by atoms with Crippen LogP contribution >= 0.6 is 11.8 Å². The van der Waals surface area contributed by atoms with Gasteiger partial charge in [-0.2, -0.15) is 13.2 Å². The van der Waals surface area contributed by atoms with Crippen molar-refractivity contribution in [2.45, 2.75) is 56.0 Å². The molecule has 1 saturated carbocycles. The number of ether oxygens (including phenoxy) is 1. The van der Waals surface area contributed by atoms with Crippen LogP contribution in [0.2, 0.25) is 0 Å². The number of aromatic carboxylic acids is 1. The molecule has 192 valence electrons. The number of H-pyrrole nitrogens is 1. The van der Waals surface area contributed by atoms with E-state index in [0.717, 1.165) is 52.7 Å². The van der Waals surface area contributed by atoms with Crippen molar-refractivity contribution in [2.24, 2.45) is 5.41 Å². The van der Waals surface area contributed by atoms with E-state index in [1.807, 2.05) is 37.4 Å². The van der Waals surface area contributed by atoms with Crippen molar-refractivity contribution in [1.29, 1.82) is 0 Å². The van der Waals surface area contributed by atoms with Crippen LogP contribution < -0.4 is 4.74 Å². The van der Waals surface area contributed by atoms with Gasteiger partial charge in [0, 0.05) is 40.5 Å². The van der Waals surface area contributed by atoms with Gasteiger partial charge in [-0.25, -0.2) is 4.79 Å². The van der Waals surface area contributed by atoms with Crippen LogP contribution in [0, 0.1) is 12.3 Å². The molecule has 5 rings (SSSR count). The summed E-state index contributed by atoms with van der Waals surface area (Å²) in [5.74, 6) is -0.172. The highest BCUT2D eigenvalue weighted by molar-refractivity contribution is 8.00. The predicted octanol–water partition coefficient (Wildman–Crippen LogP) is 6.92.